The van der Waals surface area contributed by atoms with Crippen molar-refractivity contribution < 1.29 is 23.6 Å². The molecule has 0 atom stereocenters. The van der Waals surface area contributed by atoms with Gasteiger partial charge in [-0.25, -0.2) is 9.07 Å². The Balaban J connectivity index is 1.35. The maximum Gasteiger partial charge on any atom is 0.281 e. The van der Waals surface area contributed by atoms with Gasteiger partial charge in [-0.15, -0.1) is 10.2 Å². The Morgan fingerprint density at radius 2 is 1.97 bits per heavy atom. The van der Waals surface area contributed by atoms with Crippen molar-refractivity contribution in [3.05, 3.63) is 76.4 Å². The predicted octanol–water partition coefficient (Wildman–Crippen LogP) is 3.76. The molecule has 4 rings (SSSR count). The average Bonchev–Trinajstić information content (AvgIpc) is 3.50. The predicted molar refractivity (Wildman–Crippen MR) is 130 cm³/mol. The molecule has 0 spiro atoms. The molecule has 4 aromatic rings. The highest BCUT2D eigenvalue weighted by Crippen LogP contribution is 2.27. The highest BCUT2D eigenvalue weighted by Gasteiger charge is 2.20. The summed E-state index contributed by atoms with van der Waals surface area (Å²) in [6.45, 7) is 0. The van der Waals surface area contributed by atoms with E-state index in [0.29, 0.717) is 15.7 Å². The average molecular weight is 530 g/mol. The Morgan fingerprint density at radius 3 is 2.69 bits per heavy atom. The van der Waals surface area contributed by atoms with Gasteiger partial charge in [0.2, 0.25) is 11.0 Å². The smallest absolute Gasteiger partial charge is 0.281 e. The molecule has 2 N–H and O–H groups in total. The summed E-state index contributed by atoms with van der Waals surface area (Å²) in [6, 6.07) is 11.1. The minimum absolute atomic E-state index is 0.0115. The molecular weight excluding hydrogens is 513 g/mol. The van der Waals surface area contributed by atoms with Crippen molar-refractivity contribution in [1.82, 2.24) is 20.0 Å². The van der Waals surface area contributed by atoms with E-state index in [4.69, 9.17) is 4.74 Å². The fraction of sp³-hybridized carbons (Fsp3) is 0.0952. The molecule has 0 aliphatic carbocycles. The van der Waals surface area contributed by atoms with Gasteiger partial charge in [-0.1, -0.05) is 29.2 Å². The van der Waals surface area contributed by atoms with E-state index >= 15 is 0 Å². The molecule has 0 saturated heterocycles. The Labute approximate surface area is 210 Å². The number of amides is 2. The van der Waals surface area contributed by atoms with Crippen molar-refractivity contribution in [3.63, 3.8) is 0 Å². The largest absolute Gasteiger partial charge is 0.493 e. The Kier molecular flexibility index (Phi) is 7.50. The first kappa shape index (κ1) is 24.7. The van der Waals surface area contributed by atoms with Crippen LogP contribution in [0.5, 0.6) is 5.75 Å². The summed E-state index contributed by atoms with van der Waals surface area (Å²) in [4.78, 5) is 35.2. The number of nitrogens with zero attached hydrogens (tertiary/aromatic N) is 5. The van der Waals surface area contributed by atoms with Gasteiger partial charge >= 0.3 is 0 Å². The minimum Gasteiger partial charge on any atom is -0.493 e. The van der Waals surface area contributed by atoms with Gasteiger partial charge in [0.05, 0.1) is 29.7 Å². The SMILES string of the molecule is COc1cn(-c2ccc(F)cc2)nc1C(=O)Nc1nnc(SCC(=O)Nc2cccc([N+](=O)[O-])c2)s1. The number of ether oxygens (including phenoxy) is 1. The van der Waals surface area contributed by atoms with E-state index in [1.54, 1.807) is 6.07 Å². The third-order valence-electron chi connectivity index (χ3n) is 4.50. The maximum atomic E-state index is 13.2. The van der Waals surface area contributed by atoms with Crippen molar-refractivity contribution >= 4 is 51.4 Å². The van der Waals surface area contributed by atoms with Crippen LogP contribution in [0.25, 0.3) is 5.69 Å². The van der Waals surface area contributed by atoms with Crippen LogP contribution in [-0.2, 0) is 4.79 Å². The number of halogens is 1. The van der Waals surface area contributed by atoms with Gasteiger partial charge in [0.25, 0.3) is 11.6 Å². The molecule has 184 valence electrons. The van der Waals surface area contributed by atoms with Gasteiger partial charge in [0.1, 0.15) is 5.82 Å². The van der Waals surface area contributed by atoms with Crippen LogP contribution >= 0.6 is 23.1 Å². The first-order chi connectivity index (χ1) is 17.3. The Bertz CT molecular complexity index is 1420. The number of carbonyl (C=O) groups excluding carboxylic acids is 2. The summed E-state index contributed by atoms with van der Waals surface area (Å²) >= 11 is 2.14. The van der Waals surface area contributed by atoms with Crippen LogP contribution in [0.2, 0.25) is 0 Å². The Morgan fingerprint density at radius 1 is 1.19 bits per heavy atom. The standard InChI is InChI=1S/C21H16FN7O5S2/c1-34-16-10-28(14-7-5-12(22)6-8-14)27-18(16)19(31)24-20-25-26-21(36-20)35-11-17(30)23-13-3-2-4-15(9-13)29(32)33/h2-10H,11H2,1H3,(H,23,30)(H,24,25,31). The molecule has 2 aromatic heterocycles. The maximum absolute atomic E-state index is 13.2. The topological polar surface area (TPSA) is 154 Å². The first-order valence-electron chi connectivity index (χ1n) is 10.0. The normalized spacial score (nSPS) is 10.6. The van der Waals surface area contributed by atoms with Gasteiger partial charge in [-0.2, -0.15) is 5.10 Å². The van der Waals surface area contributed by atoms with Crippen molar-refractivity contribution in [2.75, 3.05) is 23.5 Å². The van der Waals surface area contributed by atoms with E-state index in [0.717, 1.165) is 23.1 Å². The monoisotopic (exact) mass is 529 g/mol. The zero-order valence-corrected chi connectivity index (χ0v) is 20.0. The van der Waals surface area contributed by atoms with Crippen molar-refractivity contribution in [2.24, 2.45) is 0 Å². The number of aromatic nitrogens is 4. The molecule has 0 aliphatic rings. The van der Waals surface area contributed by atoms with Crippen LogP contribution in [0.4, 0.5) is 20.9 Å². The summed E-state index contributed by atoms with van der Waals surface area (Å²) in [6.07, 6.45) is 1.49. The molecule has 2 aromatic carbocycles. The van der Waals surface area contributed by atoms with E-state index in [1.165, 1.54) is 60.5 Å². The molecule has 36 heavy (non-hydrogen) atoms. The molecule has 0 aliphatic heterocycles. The number of nitro benzene ring substituents is 1. The molecule has 0 saturated carbocycles. The number of non-ortho nitro benzene ring substituents is 1. The molecule has 0 bridgehead atoms. The molecule has 2 amide bonds. The molecule has 2 heterocycles. The van der Waals surface area contributed by atoms with E-state index < -0.39 is 22.6 Å². The van der Waals surface area contributed by atoms with E-state index in [1.807, 2.05) is 0 Å². The highest BCUT2D eigenvalue weighted by atomic mass is 32.2. The van der Waals surface area contributed by atoms with E-state index in [2.05, 4.69) is 25.9 Å². The number of nitro groups is 1. The molecule has 15 heteroatoms. The molecule has 0 fully saturated rings. The van der Waals surface area contributed by atoms with Gasteiger partial charge < -0.3 is 10.1 Å². The molecule has 12 nitrogen and oxygen atoms in total. The van der Waals surface area contributed by atoms with Crippen molar-refractivity contribution in [1.29, 1.82) is 0 Å². The summed E-state index contributed by atoms with van der Waals surface area (Å²) in [5.74, 6) is -1.21. The van der Waals surface area contributed by atoms with E-state index in [-0.39, 0.29) is 28.0 Å². The van der Waals surface area contributed by atoms with Crippen LogP contribution in [0.3, 0.4) is 0 Å². The molecule has 0 unspecified atom stereocenters. The Hall–Kier alpha value is -4.37. The van der Waals surface area contributed by atoms with Crippen LogP contribution in [-0.4, -0.2) is 49.6 Å². The lowest BCUT2D eigenvalue weighted by Crippen LogP contribution is -2.14. The fourth-order valence-corrected chi connectivity index (χ4v) is 4.43. The number of hydrogen-bond donors (Lipinski definition) is 2. The van der Waals surface area contributed by atoms with Gasteiger partial charge in [0, 0.05) is 17.8 Å². The van der Waals surface area contributed by atoms with Crippen LogP contribution < -0.4 is 15.4 Å². The summed E-state index contributed by atoms with van der Waals surface area (Å²) in [7, 11) is 1.39. The minimum atomic E-state index is -0.594. The van der Waals surface area contributed by atoms with Crippen LogP contribution in [0.15, 0.2) is 59.1 Å². The quantitative estimate of drug-likeness (QED) is 0.143. The number of anilines is 2. The van der Waals surface area contributed by atoms with Crippen molar-refractivity contribution in [2.45, 2.75) is 4.34 Å². The summed E-state index contributed by atoms with van der Waals surface area (Å²) in [5.41, 5.74) is 0.687. The van der Waals surface area contributed by atoms with E-state index in [9.17, 15) is 24.1 Å². The van der Waals surface area contributed by atoms with Gasteiger partial charge in [0.15, 0.2) is 15.8 Å². The number of methoxy groups -OCH3 is 1. The number of hydrogen-bond acceptors (Lipinski definition) is 10. The lowest BCUT2D eigenvalue weighted by Gasteiger charge is -2.03. The van der Waals surface area contributed by atoms with Crippen LogP contribution in [0.1, 0.15) is 10.5 Å². The first-order valence-corrected chi connectivity index (χ1v) is 11.8. The van der Waals surface area contributed by atoms with Gasteiger partial charge in [-0.05, 0) is 30.3 Å². The van der Waals surface area contributed by atoms with Gasteiger partial charge in [-0.3, -0.25) is 25.0 Å². The zero-order chi connectivity index (χ0) is 25.7. The molecular formula is C21H16FN7O5S2. The zero-order valence-electron chi connectivity index (χ0n) is 18.4. The summed E-state index contributed by atoms with van der Waals surface area (Å²) in [5, 5.41) is 28.2. The second-order valence-corrected chi connectivity index (χ2v) is 9.14. The highest BCUT2D eigenvalue weighted by molar-refractivity contribution is 8.01. The lowest BCUT2D eigenvalue weighted by atomic mass is 10.3. The number of thioether (sulfide) groups is 1. The summed E-state index contributed by atoms with van der Waals surface area (Å²) < 4.78 is 20.2. The van der Waals surface area contributed by atoms with Crippen molar-refractivity contribution in [3.8, 4) is 11.4 Å². The third-order valence-corrected chi connectivity index (χ3v) is 6.47. The number of benzene rings is 2. The second-order valence-electron chi connectivity index (χ2n) is 6.94. The molecule has 0 radical (unpaired) electrons. The number of rotatable bonds is 9. The lowest BCUT2D eigenvalue weighted by molar-refractivity contribution is -0.384. The van der Waals surface area contributed by atoms with Crippen LogP contribution in [0, 0.1) is 15.9 Å². The number of nitrogens with one attached hydrogen (secondary N) is 2. The number of carbonyl (C=O) groups is 2. The second kappa shape index (κ2) is 10.9. The fourth-order valence-electron chi connectivity index (χ4n) is 2.89. The third kappa shape index (κ3) is 6.00.